The number of carbonyl (C=O) groups excluding carboxylic acids is 1. The van der Waals surface area contributed by atoms with E-state index in [0.717, 1.165) is 12.0 Å². The molecule has 0 spiro atoms. The van der Waals surface area contributed by atoms with E-state index in [9.17, 15) is 4.79 Å². The molecular formula is C18H25N5O2. The van der Waals surface area contributed by atoms with Gasteiger partial charge < -0.3 is 9.64 Å². The van der Waals surface area contributed by atoms with Crippen LogP contribution < -0.4 is 10.9 Å². The van der Waals surface area contributed by atoms with Gasteiger partial charge in [0.1, 0.15) is 0 Å². The zero-order chi connectivity index (χ0) is 17.6. The van der Waals surface area contributed by atoms with Gasteiger partial charge in [0.05, 0.1) is 24.9 Å². The molecule has 2 N–H and O–H groups in total. The third-order valence-electron chi connectivity index (χ3n) is 4.34. The Labute approximate surface area is 147 Å². The van der Waals surface area contributed by atoms with Crippen LogP contribution in [0, 0.1) is 0 Å². The fourth-order valence-corrected chi connectivity index (χ4v) is 3.09. The molecule has 3 rings (SSSR count). The quantitative estimate of drug-likeness (QED) is 0.781. The number of ether oxygens (including phenoxy) is 1. The second kappa shape index (κ2) is 8.24. The SMILES string of the molecule is COCC1CC(CN(C)C(=O)c2cnn(Cc3ccccc3)c2)NN1. The number of amides is 1. The van der Waals surface area contributed by atoms with E-state index in [-0.39, 0.29) is 18.0 Å². The van der Waals surface area contributed by atoms with Crippen LogP contribution in [0.5, 0.6) is 0 Å². The first-order valence-electron chi connectivity index (χ1n) is 8.47. The molecule has 1 aromatic carbocycles. The van der Waals surface area contributed by atoms with Crippen molar-refractivity contribution in [3.63, 3.8) is 0 Å². The molecule has 0 bridgehead atoms. The molecule has 1 saturated heterocycles. The molecule has 2 aromatic rings. The van der Waals surface area contributed by atoms with Crippen molar-refractivity contribution >= 4 is 5.91 Å². The zero-order valence-corrected chi connectivity index (χ0v) is 14.7. The molecule has 1 aliphatic rings. The minimum Gasteiger partial charge on any atom is -0.383 e. The number of carbonyl (C=O) groups is 1. The van der Waals surface area contributed by atoms with Gasteiger partial charge in [0.2, 0.25) is 0 Å². The molecule has 2 unspecified atom stereocenters. The molecule has 7 heteroatoms. The number of hydrogen-bond donors (Lipinski definition) is 2. The first-order chi connectivity index (χ1) is 12.2. The topological polar surface area (TPSA) is 71.4 Å². The Kier molecular flexibility index (Phi) is 5.80. The molecule has 0 saturated carbocycles. The van der Waals surface area contributed by atoms with Crippen LogP contribution in [0.15, 0.2) is 42.7 Å². The van der Waals surface area contributed by atoms with Crippen molar-refractivity contribution in [2.24, 2.45) is 0 Å². The summed E-state index contributed by atoms with van der Waals surface area (Å²) in [5.74, 6) is -0.0173. The van der Waals surface area contributed by atoms with Crippen molar-refractivity contribution in [2.45, 2.75) is 25.0 Å². The lowest BCUT2D eigenvalue weighted by Gasteiger charge is -2.20. The maximum Gasteiger partial charge on any atom is 0.256 e. The Morgan fingerprint density at radius 1 is 1.32 bits per heavy atom. The lowest BCUT2D eigenvalue weighted by Crippen LogP contribution is -2.41. The minimum atomic E-state index is -0.0173. The van der Waals surface area contributed by atoms with Crippen LogP contribution in [0.4, 0.5) is 0 Å². The van der Waals surface area contributed by atoms with Crippen molar-refractivity contribution in [1.82, 2.24) is 25.5 Å². The molecule has 1 amide bonds. The van der Waals surface area contributed by atoms with Crippen LogP contribution in [0.25, 0.3) is 0 Å². The van der Waals surface area contributed by atoms with Crippen molar-refractivity contribution in [3.05, 3.63) is 53.9 Å². The number of benzene rings is 1. The van der Waals surface area contributed by atoms with Crippen molar-refractivity contribution < 1.29 is 9.53 Å². The summed E-state index contributed by atoms with van der Waals surface area (Å²) in [6.07, 6.45) is 4.37. The van der Waals surface area contributed by atoms with Crippen LogP contribution in [0.1, 0.15) is 22.3 Å². The predicted octanol–water partition coefficient (Wildman–Crippen LogP) is 0.885. The normalized spacial score (nSPS) is 19.9. The van der Waals surface area contributed by atoms with E-state index in [0.29, 0.717) is 25.3 Å². The highest BCUT2D eigenvalue weighted by Gasteiger charge is 2.26. The van der Waals surface area contributed by atoms with E-state index in [1.54, 1.807) is 29.1 Å². The summed E-state index contributed by atoms with van der Waals surface area (Å²) in [5.41, 5.74) is 8.18. The van der Waals surface area contributed by atoms with Gasteiger partial charge in [0.25, 0.3) is 5.91 Å². The molecule has 2 atom stereocenters. The van der Waals surface area contributed by atoms with Gasteiger partial charge in [0.15, 0.2) is 0 Å². The molecule has 25 heavy (non-hydrogen) atoms. The number of hydrogen-bond acceptors (Lipinski definition) is 5. The lowest BCUT2D eigenvalue weighted by atomic mass is 10.1. The molecule has 134 valence electrons. The van der Waals surface area contributed by atoms with Gasteiger partial charge in [-0.25, -0.2) is 0 Å². The smallest absolute Gasteiger partial charge is 0.256 e. The van der Waals surface area contributed by atoms with Crippen LogP contribution in [-0.2, 0) is 11.3 Å². The number of rotatable bonds is 7. The Hall–Kier alpha value is -2.22. The molecule has 1 aliphatic heterocycles. The predicted molar refractivity (Wildman–Crippen MR) is 95.1 cm³/mol. The molecule has 1 fully saturated rings. The fourth-order valence-electron chi connectivity index (χ4n) is 3.09. The highest BCUT2D eigenvalue weighted by molar-refractivity contribution is 5.93. The number of nitrogens with one attached hydrogen (secondary N) is 2. The summed E-state index contributed by atoms with van der Waals surface area (Å²) in [5, 5.41) is 4.31. The van der Waals surface area contributed by atoms with E-state index in [4.69, 9.17) is 4.74 Å². The largest absolute Gasteiger partial charge is 0.383 e. The van der Waals surface area contributed by atoms with Crippen LogP contribution in [-0.4, -0.2) is 60.0 Å². The Morgan fingerprint density at radius 2 is 2.08 bits per heavy atom. The first-order valence-corrected chi connectivity index (χ1v) is 8.47. The van der Waals surface area contributed by atoms with Crippen LogP contribution >= 0.6 is 0 Å². The van der Waals surface area contributed by atoms with Crippen molar-refractivity contribution in [2.75, 3.05) is 27.3 Å². The van der Waals surface area contributed by atoms with Crippen molar-refractivity contribution in [3.8, 4) is 0 Å². The van der Waals surface area contributed by atoms with Gasteiger partial charge >= 0.3 is 0 Å². The summed E-state index contributed by atoms with van der Waals surface area (Å²) < 4.78 is 6.95. The van der Waals surface area contributed by atoms with E-state index in [1.807, 2.05) is 37.4 Å². The Balaban J connectivity index is 1.54. The number of methoxy groups -OCH3 is 1. The van der Waals surface area contributed by atoms with Gasteiger partial charge in [-0.3, -0.25) is 20.3 Å². The molecule has 0 radical (unpaired) electrons. The fraction of sp³-hybridized carbons (Fsp3) is 0.444. The average Bonchev–Trinajstić information content (AvgIpc) is 3.25. The molecular weight excluding hydrogens is 318 g/mol. The Bertz CT molecular complexity index is 688. The Morgan fingerprint density at radius 3 is 2.84 bits per heavy atom. The number of likely N-dealkylation sites (N-methyl/N-ethyl adjacent to an activating group) is 1. The minimum absolute atomic E-state index is 0.0173. The number of nitrogens with zero attached hydrogens (tertiary/aromatic N) is 3. The zero-order valence-electron chi connectivity index (χ0n) is 14.7. The van der Waals surface area contributed by atoms with E-state index < -0.39 is 0 Å². The highest BCUT2D eigenvalue weighted by atomic mass is 16.5. The van der Waals surface area contributed by atoms with E-state index in [2.05, 4.69) is 16.0 Å². The second-order valence-electron chi connectivity index (χ2n) is 6.47. The monoisotopic (exact) mass is 343 g/mol. The van der Waals surface area contributed by atoms with Gasteiger partial charge in [-0.2, -0.15) is 5.10 Å². The summed E-state index contributed by atoms with van der Waals surface area (Å²) >= 11 is 0. The van der Waals surface area contributed by atoms with E-state index >= 15 is 0 Å². The van der Waals surface area contributed by atoms with Gasteiger partial charge in [-0.15, -0.1) is 0 Å². The summed E-state index contributed by atoms with van der Waals surface area (Å²) in [7, 11) is 3.51. The molecule has 7 nitrogen and oxygen atoms in total. The molecule has 1 aromatic heterocycles. The van der Waals surface area contributed by atoms with Crippen LogP contribution in [0.2, 0.25) is 0 Å². The molecule has 0 aliphatic carbocycles. The second-order valence-corrected chi connectivity index (χ2v) is 6.47. The lowest BCUT2D eigenvalue weighted by molar-refractivity contribution is 0.0782. The van der Waals surface area contributed by atoms with Gasteiger partial charge in [0, 0.05) is 39.0 Å². The third-order valence-corrected chi connectivity index (χ3v) is 4.34. The molecule has 2 heterocycles. The van der Waals surface area contributed by atoms with Gasteiger partial charge in [-0.1, -0.05) is 30.3 Å². The maximum absolute atomic E-state index is 12.6. The summed E-state index contributed by atoms with van der Waals surface area (Å²) in [6, 6.07) is 10.6. The van der Waals surface area contributed by atoms with Gasteiger partial charge in [-0.05, 0) is 12.0 Å². The van der Waals surface area contributed by atoms with E-state index in [1.165, 1.54) is 0 Å². The highest BCUT2D eigenvalue weighted by Crippen LogP contribution is 2.10. The standard InChI is InChI=1S/C18H25N5O2/c1-22(12-16-8-17(13-25-2)21-20-16)18(24)15-9-19-23(11-15)10-14-6-4-3-5-7-14/h3-7,9,11,16-17,20-21H,8,10,12-13H2,1-2H3. The summed E-state index contributed by atoms with van der Waals surface area (Å²) in [4.78, 5) is 14.3. The average molecular weight is 343 g/mol. The van der Waals surface area contributed by atoms with Crippen molar-refractivity contribution in [1.29, 1.82) is 0 Å². The first kappa shape index (κ1) is 17.6. The summed E-state index contributed by atoms with van der Waals surface area (Å²) in [6.45, 7) is 1.95. The third kappa shape index (κ3) is 4.66. The maximum atomic E-state index is 12.6. The number of aromatic nitrogens is 2. The van der Waals surface area contributed by atoms with Crippen LogP contribution in [0.3, 0.4) is 0 Å². The number of hydrazine groups is 1.